The number of nitrogens with one attached hydrogen (secondary N) is 1. The largest absolute Gasteiger partial charge is 0.465 e. The predicted molar refractivity (Wildman–Crippen MR) is 152 cm³/mol. The number of aryl methyl sites for hydroxylation is 2. The molecule has 3 aromatic heterocycles. The smallest absolute Gasteiger partial charge is 0.341 e. The minimum atomic E-state index is -0.484. The molecule has 1 amide bonds. The van der Waals surface area contributed by atoms with E-state index in [2.05, 4.69) is 15.5 Å². The number of hydrogen-bond acceptors (Lipinski definition) is 9. The molecule has 1 N–H and O–H groups in total. The van der Waals surface area contributed by atoms with Crippen molar-refractivity contribution in [1.82, 2.24) is 14.8 Å². The van der Waals surface area contributed by atoms with Gasteiger partial charge in [-0.3, -0.25) is 9.36 Å². The molecule has 0 saturated carbocycles. The second-order valence-corrected chi connectivity index (χ2v) is 11.8. The van der Waals surface area contributed by atoms with E-state index in [0.29, 0.717) is 22.3 Å². The van der Waals surface area contributed by atoms with E-state index in [0.717, 1.165) is 52.4 Å². The molecule has 38 heavy (non-hydrogen) atoms. The summed E-state index contributed by atoms with van der Waals surface area (Å²) in [5, 5.41) is 16.8. The molecule has 0 spiro atoms. The third-order valence-electron chi connectivity index (χ3n) is 6.32. The van der Waals surface area contributed by atoms with E-state index in [1.807, 2.05) is 59.5 Å². The maximum absolute atomic E-state index is 13.0. The molecule has 5 rings (SSSR count). The highest BCUT2D eigenvalue weighted by Crippen LogP contribution is 2.38. The number of nitrogens with zero attached hydrogens (tertiary/aromatic N) is 3. The van der Waals surface area contributed by atoms with Gasteiger partial charge >= 0.3 is 5.97 Å². The van der Waals surface area contributed by atoms with E-state index in [1.54, 1.807) is 11.3 Å². The Morgan fingerprint density at radius 2 is 2.08 bits per heavy atom. The highest BCUT2D eigenvalue weighted by atomic mass is 32.2. The molecule has 1 aromatic carbocycles. The molecule has 4 aromatic rings. The van der Waals surface area contributed by atoms with Crippen LogP contribution in [0.4, 0.5) is 5.00 Å². The van der Waals surface area contributed by atoms with Crippen molar-refractivity contribution < 1.29 is 19.1 Å². The Bertz CT molecular complexity index is 1440. The van der Waals surface area contributed by atoms with E-state index < -0.39 is 5.97 Å². The zero-order chi connectivity index (χ0) is 26.6. The van der Waals surface area contributed by atoms with Crippen LogP contribution in [0.2, 0.25) is 0 Å². The summed E-state index contributed by atoms with van der Waals surface area (Å²) in [4.78, 5) is 26.8. The molecular weight excluding hydrogens is 541 g/mol. The lowest BCUT2D eigenvalue weighted by atomic mass is 9.97. The monoisotopic (exact) mass is 568 g/mol. The lowest BCUT2D eigenvalue weighted by Crippen LogP contribution is -2.18. The van der Waals surface area contributed by atoms with Crippen LogP contribution in [0.15, 0.2) is 46.2 Å². The molecule has 198 valence electrons. The van der Waals surface area contributed by atoms with Crippen LogP contribution in [-0.4, -0.2) is 52.2 Å². The number of thioether (sulfide) groups is 1. The summed E-state index contributed by atoms with van der Waals surface area (Å²) in [5.74, 6) is 0.175. The fourth-order valence-electron chi connectivity index (χ4n) is 4.41. The summed E-state index contributed by atoms with van der Waals surface area (Å²) in [5.41, 5.74) is 4.19. The van der Waals surface area contributed by atoms with Gasteiger partial charge in [0.1, 0.15) is 10.6 Å². The zero-order valence-electron chi connectivity index (χ0n) is 21.4. The van der Waals surface area contributed by atoms with Crippen LogP contribution < -0.4 is 5.32 Å². The first kappa shape index (κ1) is 26.6. The van der Waals surface area contributed by atoms with Crippen molar-refractivity contribution in [3.8, 4) is 21.8 Å². The maximum atomic E-state index is 13.0. The molecule has 8 nitrogen and oxygen atoms in total. The van der Waals surface area contributed by atoms with Gasteiger partial charge in [0.15, 0.2) is 11.0 Å². The molecule has 1 fully saturated rings. The number of ether oxygens (including phenoxy) is 2. The van der Waals surface area contributed by atoms with Gasteiger partial charge in [-0.1, -0.05) is 41.6 Å². The van der Waals surface area contributed by atoms with Gasteiger partial charge in [0.2, 0.25) is 5.91 Å². The van der Waals surface area contributed by atoms with E-state index in [9.17, 15) is 9.59 Å². The molecule has 0 aliphatic carbocycles. The molecule has 0 bridgehead atoms. The minimum Gasteiger partial charge on any atom is -0.465 e. The molecule has 0 radical (unpaired) electrons. The number of carbonyl (C=O) groups is 2. The number of carbonyl (C=O) groups excluding carboxylic acids is 2. The lowest BCUT2D eigenvalue weighted by Gasteiger charge is -2.14. The van der Waals surface area contributed by atoms with Gasteiger partial charge in [0.05, 0.1) is 30.4 Å². The first-order valence-corrected chi connectivity index (χ1v) is 15.0. The van der Waals surface area contributed by atoms with Crippen LogP contribution in [0.1, 0.15) is 34.3 Å². The first-order chi connectivity index (χ1) is 18.4. The normalized spacial score (nSPS) is 15.1. The summed E-state index contributed by atoms with van der Waals surface area (Å²) in [6.45, 7) is 5.41. The highest BCUT2D eigenvalue weighted by Gasteiger charge is 2.25. The van der Waals surface area contributed by atoms with Crippen molar-refractivity contribution in [2.75, 3.05) is 24.8 Å². The van der Waals surface area contributed by atoms with Crippen LogP contribution in [0.25, 0.3) is 21.8 Å². The Hall–Kier alpha value is -2.99. The van der Waals surface area contributed by atoms with Gasteiger partial charge in [0.25, 0.3) is 0 Å². The van der Waals surface area contributed by atoms with Crippen LogP contribution in [-0.2, 0) is 20.8 Å². The van der Waals surface area contributed by atoms with Gasteiger partial charge in [-0.05, 0) is 49.3 Å². The van der Waals surface area contributed by atoms with Crippen molar-refractivity contribution in [2.45, 2.75) is 44.5 Å². The third-order valence-corrected chi connectivity index (χ3v) is 9.05. The van der Waals surface area contributed by atoms with Crippen molar-refractivity contribution in [2.24, 2.45) is 0 Å². The summed E-state index contributed by atoms with van der Waals surface area (Å²) in [6.07, 6.45) is 2.14. The van der Waals surface area contributed by atoms with Crippen LogP contribution in [0.3, 0.4) is 0 Å². The molecule has 1 aliphatic heterocycles. The van der Waals surface area contributed by atoms with Gasteiger partial charge in [-0.15, -0.1) is 32.9 Å². The minimum absolute atomic E-state index is 0.107. The first-order valence-electron chi connectivity index (χ1n) is 12.2. The zero-order valence-corrected chi connectivity index (χ0v) is 23.8. The van der Waals surface area contributed by atoms with Crippen molar-refractivity contribution in [1.29, 1.82) is 0 Å². The summed E-state index contributed by atoms with van der Waals surface area (Å²) >= 11 is 4.24. The van der Waals surface area contributed by atoms with Gasteiger partial charge in [0, 0.05) is 17.6 Å². The summed E-state index contributed by atoms with van der Waals surface area (Å²) in [7, 11) is 1.35. The second-order valence-electron chi connectivity index (χ2n) is 9.03. The highest BCUT2D eigenvalue weighted by molar-refractivity contribution is 7.99. The van der Waals surface area contributed by atoms with Gasteiger partial charge in [-0.25, -0.2) is 4.79 Å². The molecule has 1 aliphatic rings. The summed E-state index contributed by atoms with van der Waals surface area (Å²) < 4.78 is 13.0. The maximum Gasteiger partial charge on any atom is 0.341 e. The van der Waals surface area contributed by atoms with Gasteiger partial charge in [-0.2, -0.15) is 0 Å². The lowest BCUT2D eigenvalue weighted by molar-refractivity contribution is -0.113. The van der Waals surface area contributed by atoms with Crippen molar-refractivity contribution in [3.63, 3.8) is 0 Å². The molecule has 1 saturated heterocycles. The fourth-order valence-corrected chi connectivity index (χ4v) is 6.84. The Balaban J connectivity index is 1.35. The second kappa shape index (κ2) is 11.8. The number of rotatable bonds is 9. The average Bonchev–Trinajstić information content (AvgIpc) is 3.72. The van der Waals surface area contributed by atoms with Crippen molar-refractivity contribution in [3.05, 3.63) is 57.8 Å². The molecule has 1 unspecified atom stereocenters. The van der Waals surface area contributed by atoms with E-state index in [4.69, 9.17) is 9.47 Å². The number of aromatic nitrogens is 3. The standard InChI is InChI=1S/C27H28N4O4S3/c1-16-8-9-17(2)19(12-16)20-14-37-25(23(20)26(33)34-3)28-22(32)15-38-27-30-29-24(21-7-5-11-36-21)31(27)13-18-6-4-10-35-18/h5,7-9,11-12,14,18H,4,6,10,13,15H2,1-3H3,(H,28,32). The number of amides is 1. The number of benzene rings is 1. The Kier molecular flexibility index (Phi) is 8.27. The molecule has 4 heterocycles. The molecule has 1 atom stereocenters. The molecular formula is C27H28N4O4S3. The number of anilines is 1. The Morgan fingerprint density at radius 1 is 1.21 bits per heavy atom. The SMILES string of the molecule is COC(=O)c1c(-c2cc(C)ccc2C)csc1NC(=O)CSc1nnc(-c2cccs2)n1CC1CCCO1. The summed E-state index contributed by atoms with van der Waals surface area (Å²) in [6, 6.07) is 10.1. The number of esters is 1. The number of methoxy groups -OCH3 is 1. The third kappa shape index (κ3) is 5.70. The van der Waals surface area contributed by atoms with Crippen LogP contribution in [0.5, 0.6) is 0 Å². The fraction of sp³-hybridized carbons (Fsp3) is 0.333. The van der Waals surface area contributed by atoms with E-state index in [1.165, 1.54) is 30.2 Å². The number of thiophene rings is 2. The number of hydrogen-bond donors (Lipinski definition) is 1. The topological polar surface area (TPSA) is 95.3 Å². The quantitative estimate of drug-likeness (QED) is 0.194. The average molecular weight is 569 g/mol. The van der Waals surface area contributed by atoms with E-state index >= 15 is 0 Å². The Morgan fingerprint density at radius 3 is 2.82 bits per heavy atom. The molecule has 11 heteroatoms. The van der Waals surface area contributed by atoms with Crippen molar-refractivity contribution >= 4 is 51.3 Å². The van der Waals surface area contributed by atoms with E-state index in [-0.39, 0.29) is 17.8 Å². The van der Waals surface area contributed by atoms with Crippen LogP contribution in [0, 0.1) is 13.8 Å². The van der Waals surface area contributed by atoms with Crippen LogP contribution >= 0.6 is 34.4 Å². The van der Waals surface area contributed by atoms with Gasteiger partial charge < -0.3 is 14.8 Å². The predicted octanol–water partition coefficient (Wildman–Crippen LogP) is 6.05. The Labute approximate surface area is 233 Å².